The molecule has 1 aromatic heterocycles. The van der Waals surface area contributed by atoms with Crippen molar-refractivity contribution in [2.24, 2.45) is 13.0 Å². The minimum Gasteiger partial charge on any atom is -0.480 e. The number of aryl methyl sites for hydroxylation is 1. The summed E-state index contributed by atoms with van der Waals surface area (Å²) in [5, 5.41) is 16.8. The first kappa shape index (κ1) is 14.5. The van der Waals surface area contributed by atoms with Crippen LogP contribution < -0.4 is 0 Å². The second-order valence-electron chi connectivity index (χ2n) is 5.71. The summed E-state index contributed by atoms with van der Waals surface area (Å²) in [6.45, 7) is 0. The van der Waals surface area contributed by atoms with Gasteiger partial charge in [-0.15, -0.1) is 5.10 Å². The van der Waals surface area contributed by atoms with E-state index < -0.39 is 22.0 Å². The van der Waals surface area contributed by atoms with E-state index in [-0.39, 0.29) is 17.0 Å². The van der Waals surface area contributed by atoms with Crippen LogP contribution in [0.5, 0.6) is 0 Å². The molecule has 1 aliphatic carbocycles. The standard InChI is InChI=1S/C12H18N4O4S/c1-15-13-7-11(14-15)21(19,20)16-9-5-3-2-4-8(9)6-10(16)12(17)18/h7-10H,2-6H2,1H3,(H,17,18). The highest BCUT2D eigenvalue weighted by Crippen LogP contribution is 2.42. The van der Waals surface area contributed by atoms with E-state index in [9.17, 15) is 18.3 Å². The van der Waals surface area contributed by atoms with Gasteiger partial charge in [-0.25, -0.2) is 8.42 Å². The van der Waals surface area contributed by atoms with Crippen molar-refractivity contribution in [3.8, 4) is 0 Å². The smallest absolute Gasteiger partial charge is 0.322 e. The maximum absolute atomic E-state index is 12.8. The Balaban J connectivity index is 2.02. The van der Waals surface area contributed by atoms with Gasteiger partial charge in [-0.2, -0.15) is 14.2 Å². The molecule has 0 aromatic carbocycles. The molecule has 1 aromatic rings. The van der Waals surface area contributed by atoms with Crippen LogP contribution in [0.15, 0.2) is 11.2 Å². The summed E-state index contributed by atoms with van der Waals surface area (Å²) in [7, 11) is -2.40. The van der Waals surface area contributed by atoms with Gasteiger partial charge in [-0.05, 0) is 25.2 Å². The number of hydrogen-bond donors (Lipinski definition) is 1. The number of aliphatic carboxylic acids is 1. The fourth-order valence-corrected chi connectivity index (χ4v) is 5.29. The number of carboxylic acids is 1. The van der Waals surface area contributed by atoms with Crippen molar-refractivity contribution in [1.29, 1.82) is 0 Å². The normalized spacial score (nSPS) is 30.2. The first-order valence-corrected chi connectivity index (χ1v) is 8.48. The monoisotopic (exact) mass is 314 g/mol. The second kappa shape index (κ2) is 5.06. The highest BCUT2D eigenvalue weighted by atomic mass is 32.2. The summed E-state index contributed by atoms with van der Waals surface area (Å²) in [6, 6.07) is -1.23. The third-order valence-electron chi connectivity index (χ3n) is 4.43. The van der Waals surface area contributed by atoms with Crippen molar-refractivity contribution in [3.63, 3.8) is 0 Å². The Hall–Kier alpha value is -1.48. The third kappa shape index (κ3) is 2.34. The summed E-state index contributed by atoms with van der Waals surface area (Å²) in [6.07, 6.45) is 5.13. The molecule has 3 rings (SSSR count). The maximum atomic E-state index is 12.8. The highest BCUT2D eigenvalue weighted by molar-refractivity contribution is 7.89. The molecule has 1 aliphatic heterocycles. The predicted octanol–water partition coefficient (Wildman–Crippen LogP) is 0.221. The molecule has 0 bridgehead atoms. The van der Waals surface area contributed by atoms with Gasteiger partial charge in [-0.3, -0.25) is 4.79 Å². The Kier molecular flexibility index (Phi) is 3.48. The molecular formula is C12H18N4O4S. The molecule has 116 valence electrons. The highest BCUT2D eigenvalue weighted by Gasteiger charge is 2.51. The molecule has 1 saturated heterocycles. The fraction of sp³-hybridized carbons (Fsp3) is 0.750. The largest absolute Gasteiger partial charge is 0.480 e. The predicted molar refractivity (Wildman–Crippen MR) is 71.8 cm³/mol. The second-order valence-corrected chi connectivity index (χ2v) is 7.50. The van der Waals surface area contributed by atoms with Crippen molar-refractivity contribution in [2.75, 3.05) is 0 Å². The lowest BCUT2D eigenvalue weighted by Gasteiger charge is -2.31. The maximum Gasteiger partial charge on any atom is 0.322 e. The molecule has 0 amide bonds. The Bertz CT molecular complexity index is 656. The Morgan fingerprint density at radius 1 is 1.38 bits per heavy atom. The van der Waals surface area contributed by atoms with E-state index in [2.05, 4.69) is 10.2 Å². The number of carbonyl (C=O) groups is 1. The van der Waals surface area contributed by atoms with Crippen molar-refractivity contribution in [3.05, 3.63) is 6.20 Å². The van der Waals surface area contributed by atoms with E-state index in [1.54, 1.807) is 0 Å². The minimum absolute atomic E-state index is 0.131. The van der Waals surface area contributed by atoms with Gasteiger partial charge in [0.1, 0.15) is 6.04 Å². The van der Waals surface area contributed by atoms with Gasteiger partial charge in [0, 0.05) is 13.1 Å². The third-order valence-corrected chi connectivity index (χ3v) is 6.23. The number of carboxylic acid groups (broad SMARTS) is 1. The summed E-state index contributed by atoms with van der Waals surface area (Å²) < 4.78 is 26.7. The van der Waals surface area contributed by atoms with Crippen LogP contribution in [0.1, 0.15) is 32.1 Å². The van der Waals surface area contributed by atoms with Crippen LogP contribution in [-0.4, -0.2) is 50.9 Å². The lowest BCUT2D eigenvalue weighted by Crippen LogP contribution is -2.46. The molecule has 0 spiro atoms. The molecule has 1 N–H and O–H groups in total. The molecule has 2 fully saturated rings. The van der Waals surface area contributed by atoms with E-state index in [4.69, 9.17) is 0 Å². The number of fused-ring (bicyclic) bond motifs is 1. The number of nitrogens with zero attached hydrogens (tertiary/aromatic N) is 4. The fourth-order valence-electron chi connectivity index (χ4n) is 3.53. The Morgan fingerprint density at radius 2 is 2.10 bits per heavy atom. The van der Waals surface area contributed by atoms with Crippen LogP contribution >= 0.6 is 0 Å². The molecule has 3 unspecified atom stereocenters. The van der Waals surface area contributed by atoms with Gasteiger partial charge < -0.3 is 5.11 Å². The van der Waals surface area contributed by atoms with Crippen LogP contribution in [0.25, 0.3) is 0 Å². The first-order valence-electron chi connectivity index (χ1n) is 7.04. The summed E-state index contributed by atoms with van der Waals surface area (Å²) in [4.78, 5) is 12.7. The SMILES string of the molecule is Cn1ncc(S(=O)(=O)N2C(C(=O)O)CC3CCCCC32)n1. The van der Waals surface area contributed by atoms with E-state index in [1.807, 2.05) is 0 Å². The number of aromatic nitrogens is 3. The summed E-state index contributed by atoms with van der Waals surface area (Å²) in [5.74, 6) is -0.955. The molecule has 2 heterocycles. The molecule has 8 nitrogen and oxygen atoms in total. The van der Waals surface area contributed by atoms with Crippen LogP contribution in [0, 0.1) is 5.92 Å². The van der Waals surface area contributed by atoms with E-state index >= 15 is 0 Å². The molecule has 0 radical (unpaired) electrons. The topological polar surface area (TPSA) is 105 Å². The molecular weight excluding hydrogens is 296 g/mol. The molecule has 9 heteroatoms. The zero-order valence-corrected chi connectivity index (χ0v) is 12.5. The average molecular weight is 314 g/mol. The van der Waals surface area contributed by atoms with Crippen LogP contribution in [0.2, 0.25) is 0 Å². The molecule has 21 heavy (non-hydrogen) atoms. The number of hydrogen-bond acceptors (Lipinski definition) is 5. The quantitative estimate of drug-likeness (QED) is 0.855. The lowest BCUT2D eigenvalue weighted by atomic mass is 9.85. The van der Waals surface area contributed by atoms with Gasteiger partial charge in [0.15, 0.2) is 0 Å². The van der Waals surface area contributed by atoms with Gasteiger partial charge >= 0.3 is 5.97 Å². The molecule has 3 atom stereocenters. The average Bonchev–Trinajstić information content (AvgIpc) is 3.02. The van der Waals surface area contributed by atoms with E-state index in [0.29, 0.717) is 12.8 Å². The van der Waals surface area contributed by atoms with E-state index in [0.717, 1.165) is 24.1 Å². The van der Waals surface area contributed by atoms with Gasteiger partial charge in [-0.1, -0.05) is 12.8 Å². The molecule has 1 saturated carbocycles. The zero-order valence-electron chi connectivity index (χ0n) is 11.7. The van der Waals surface area contributed by atoms with Crippen LogP contribution in [0.4, 0.5) is 0 Å². The van der Waals surface area contributed by atoms with Crippen LogP contribution in [-0.2, 0) is 21.9 Å². The summed E-state index contributed by atoms with van der Waals surface area (Å²) in [5.41, 5.74) is 0. The Labute approximate surface area is 122 Å². The number of sulfonamides is 1. The first-order chi connectivity index (χ1) is 9.91. The van der Waals surface area contributed by atoms with Gasteiger partial charge in [0.2, 0.25) is 5.03 Å². The lowest BCUT2D eigenvalue weighted by molar-refractivity contribution is -0.141. The number of rotatable bonds is 3. The zero-order chi connectivity index (χ0) is 15.2. The van der Waals surface area contributed by atoms with Crippen molar-refractivity contribution in [2.45, 2.75) is 49.2 Å². The van der Waals surface area contributed by atoms with Crippen molar-refractivity contribution < 1.29 is 18.3 Å². The minimum atomic E-state index is -3.92. The summed E-state index contributed by atoms with van der Waals surface area (Å²) >= 11 is 0. The van der Waals surface area contributed by atoms with Crippen molar-refractivity contribution in [1.82, 2.24) is 19.3 Å². The van der Waals surface area contributed by atoms with Gasteiger partial charge in [0.05, 0.1) is 6.20 Å². The van der Waals surface area contributed by atoms with Crippen molar-refractivity contribution >= 4 is 16.0 Å². The Morgan fingerprint density at radius 3 is 2.71 bits per heavy atom. The molecule has 2 aliphatic rings. The van der Waals surface area contributed by atoms with Crippen LogP contribution in [0.3, 0.4) is 0 Å². The van der Waals surface area contributed by atoms with E-state index in [1.165, 1.54) is 17.5 Å². The van der Waals surface area contributed by atoms with Gasteiger partial charge in [0.25, 0.3) is 10.0 Å².